The third-order valence-corrected chi connectivity index (χ3v) is 5.28. The van der Waals surface area contributed by atoms with E-state index in [9.17, 15) is 18.0 Å². The summed E-state index contributed by atoms with van der Waals surface area (Å²) in [6, 6.07) is 8.67. The lowest BCUT2D eigenvalue weighted by Crippen LogP contribution is -2.26. The molecule has 1 unspecified atom stereocenters. The number of nitrogens with two attached hydrogens (primary N) is 1. The number of aromatic amines is 1. The highest BCUT2D eigenvalue weighted by molar-refractivity contribution is 5.99. The van der Waals surface area contributed by atoms with Crippen LogP contribution in [0.4, 0.5) is 30.2 Å². The first-order chi connectivity index (χ1) is 14.7. The SMILES string of the molecule is CC.Cc1c[nH]c(=O)c2c(Nc3ccc(C(F)(F)F)cc3)cc(N3CCC(N)C3)cc12. The second-order valence-corrected chi connectivity index (χ2v) is 7.41. The van der Waals surface area contributed by atoms with Gasteiger partial charge in [0.25, 0.3) is 5.56 Å². The minimum Gasteiger partial charge on any atom is -0.370 e. The van der Waals surface area contributed by atoms with Crippen LogP contribution < -0.4 is 21.5 Å². The summed E-state index contributed by atoms with van der Waals surface area (Å²) in [5, 5.41) is 4.39. The van der Waals surface area contributed by atoms with Gasteiger partial charge < -0.3 is 20.9 Å². The van der Waals surface area contributed by atoms with Crippen LogP contribution in [0, 0.1) is 6.92 Å². The lowest BCUT2D eigenvalue weighted by Gasteiger charge is -2.21. The molecule has 1 aromatic heterocycles. The third-order valence-electron chi connectivity index (χ3n) is 5.28. The molecule has 0 saturated carbocycles. The average molecular weight is 432 g/mol. The van der Waals surface area contributed by atoms with E-state index >= 15 is 0 Å². The molecule has 1 aliphatic rings. The average Bonchev–Trinajstić information content (AvgIpc) is 3.18. The van der Waals surface area contributed by atoms with E-state index in [0.29, 0.717) is 23.3 Å². The summed E-state index contributed by atoms with van der Waals surface area (Å²) < 4.78 is 38.5. The van der Waals surface area contributed by atoms with E-state index in [1.54, 1.807) is 6.20 Å². The fourth-order valence-electron chi connectivity index (χ4n) is 3.71. The summed E-state index contributed by atoms with van der Waals surface area (Å²) in [6.45, 7) is 7.43. The van der Waals surface area contributed by atoms with E-state index in [2.05, 4.69) is 15.2 Å². The largest absolute Gasteiger partial charge is 0.416 e. The van der Waals surface area contributed by atoms with Crippen molar-refractivity contribution in [3.05, 3.63) is 64.1 Å². The fraction of sp³-hybridized carbons (Fsp3) is 0.348. The van der Waals surface area contributed by atoms with Gasteiger partial charge in [-0.05, 0) is 60.7 Å². The van der Waals surface area contributed by atoms with Crippen molar-refractivity contribution in [3.63, 3.8) is 0 Å². The van der Waals surface area contributed by atoms with Gasteiger partial charge >= 0.3 is 6.18 Å². The Labute approximate surface area is 179 Å². The van der Waals surface area contributed by atoms with Crippen molar-refractivity contribution in [2.45, 2.75) is 39.4 Å². The number of halogens is 3. The molecule has 4 N–H and O–H groups in total. The van der Waals surface area contributed by atoms with E-state index in [4.69, 9.17) is 5.73 Å². The Morgan fingerprint density at radius 2 is 1.84 bits per heavy atom. The Bertz CT molecular complexity index is 1110. The van der Waals surface area contributed by atoms with E-state index in [0.717, 1.165) is 41.7 Å². The van der Waals surface area contributed by atoms with Gasteiger partial charge in [-0.3, -0.25) is 4.79 Å². The monoisotopic (exact) mass is 432 g/mol. The molecule has 1 saturated heterocycles. The Hall–Kier alpha value is -3.00. The first-order valence-corrected chi connectivity index (χ1v) is 10.3. The van der Waals surface area contributed by atoms with Crippen molar-refractivity contribution in [1.29, 1.82) is 0 Å². The van der Waals surface area contributed by atoms with Crippen LogP contribution >= 0.6 is 0 Å². The molecule has 1 aliphatic heterocycles. The number of hydrogen-bond donors (Lipinski definition) is 3. The lowest BCUT2D eigenvalue weighted by atomic mass is 10.0. The number of aromatic nitrogens is 1. The van der Waals surface area contributed by atoms with Gasteiger partial charge in [0.05, 0.1) is 16.6 Å². The predicted octanol–water partition coefficient (Wildman–Crippen LogP) is 5.16. The highest BCUT2D eigenvalue weighted by atomic mass is 19.4. The second kappa shape index (κ2) is 9.01. The number of nitrogens with one attached hydrogen (secondary N) is 2. The predicted molar refractivity (Wildman–Crippen MR) is 120 cm³/mol. The van der Waals surface area contributed by atoms with Crippen LogP contribution in [0.3, 0.4) is 0 Å². The lowest BCUT2D eigenvalue weighted by molar-refractivity contribution is -0.137. The van der Waals surface area contributed by atoms with E-state index < -0.39 is 11.7 Å². The van der Waals surface area contributed by atoms with Gasteiger partial charge in [0.15, 0.2) is 0 Å². The molecule has 2 aromatic carbocycles. The number of alkyl halides is 3. The van der Waals surface area contributed by atoms with Gasteiger partial charge in [0.2, 0.25) is 0 Å². The van der Waals surface area contributed by atoms with Crippen molar-refractivity contribution in [2.24, 2.45) is 5.73 Å². The molecular weight excluding hydrogens is 405 g/mol. The molecule has 3 aromatic rings. The number of benzene rings is 2. The molecule has 1 atom stereocenters. The second-order valence-electron chi connectivity index (χ2n) is 7.41. The number of hydrogen-bond acceptors (Lipinski definition) is 4. The fourth-order valence-corrected chi connectivity index (χ4v) is 3.71. The quantitative estimate of drug-likeness (QED) is 0.534. The highest BCUT2D eigenvalue weighted by Gasteiger charge is 2.30. The minimum atomic E-state index is -4.39. The van der Waals surface area contributed by atoms with Crippen LogP contribution in [0.5, 0.6) is 0 Å². The maximum absolute atomic E-state index is 12.8. The molecule has 0 bridgehead atoms. The zero-order chi connectivity index (χ0) is 22.8. The van der Waals surface area contributed by atoms with Crippen molar-refractivity contribution < 1.29 is 13.2 Å². The van der Waals surface area contributed by atoms with E-state index in [1.807, 2.05) is 32.9 Å². The normalized spacial score (nSPS) is 16.2. The van der Waals surface area contributed by atoms with Gasteiger partial charge in [-0.2, -0.15) is 13.2 Å². The van der Waals surface area contributed by atoms with Crippen molar-refractivity contribution in [2.75, 3.05) is 23.3 Å². The zero-order valence-electron chi connectivity index (χ0n) is 17.8. The van der Waals surface area contributed by atoms with Crippen molar-refractivity contribution in [1.82, 2.24) is 4.98 Å². The number of rotatable bonds is 3. The molecule has 5 nitrogen and oxygen atoms in total. The molecule has 4 rings (SSSR count). The Kier molecular flexibility index (Phi) is 6.59. The van der Waals surface area contributed by atoms with E-state index in [1.165, 1.54) is 12.1 Å². The first kappa shape index (κ1) is 22.7. The minimum absolute atomic E-state index is 0.0947. The number of fused-ring (bicyclic) bond motifs is 1. The molecule has 0 spiro atoms. The summed E-state index contributed by atoms with van der Waals surface area (Å²) in [7, 11) is 0. The Morgan fingerprint density at radius 1 is 1.16 bits per heavy atom. The molecule has 0 aliphatic carbocycles. The summed E-state index contributed by atoms with van der Waals surface area (Å²) in [5.74, 6) is 0. The van der Waals surface area contributed by atoms with Crippen LogP contribution in [-0.2, 0) is 6.18 Å². The summed E-state index contributed by atoms with van der Waals surface area (Å²) in [4.78, 5) is 17.4. The van der Waals surface area contributed by atoms with Gasteiger partial charge in [-0.25, -0.2) is 0 Å². The van der Waals surface area contributed by atoms with Crippen LogP contribution in [0.1, 0.15) is 31.4 Å². The molecule has 2 heterocycles. The molecule has 0 radical (unpaired) electrons. The van der Waals surface area contributed by atoms with Gasteiger partial charge in [0, 0.05) is 36.7 Å². The molecular formula is C23H27F3N4O. The number of anilines is 3. The van der Waals surface area contributed by atoms with Gasteiger partial charge in [-0.15, -0.1) is 0 Å². The van der Waals surface area contributed by atoms with Crippen LogP contribution in [0.25, 0.3) is 10.8 Å². The van der Waals surface area contributed by atoms with Crippen molar-refractivity contribution in [3.8, 4) is 0 Å². The number of aryl methyl sites for hydroxylation is 1. The third kappa shape index (κ3) is 4.85. The Morgan fingerprint density at radius 3 is 2.42 bits per heavy atom. The van der Waals surface area contributed by atoms with Crippen LogP contribution in [0.15, 0.2) is 47.4 Å². The molecule has 1 fully saturated rings. The summed E-state index contributed by atoms with van der Waals surface area (Å²) in [6.07, 6.45) is -1.85. The Balaban J connectivity index is 0.00000132. The number of H-pyrrole nitrogens is 1. The molecule has 8 heteroatoms. The molecule has 0 amide bonds. The standard InChI is InChI=1S/C21H21F3N4O.C2H6/c1-12-10-26-20(29)19-17(12)8-16(28-7-6-14(25)11-28)9-18(19)27-15-4-2-13(3-5-15)21(22,23)24;1-2/h2-5,8-10,14,27H,6-7,11,25H2,1H3,(H,26,29);1-2H3. The number of pyridine rings is 1. The zero-order valence-corrected chi connectivity index (χ0v) is 17.8. The maximum Gasteiger partial charge on any atom is 0.416 e. The topological polar surface area (TPSA) is 74.2 Å². The first-order valence-electron chi connectivity index (χ1n) is 10.3. The van der Waals surface area contributed by atoms with Crippen molar-refractivity contribution >= 4 is 27.8 Å². The van der Waals surface area contributed by atoms with Gasteiger partial charge in [0.1, 0.15) is 0 Å². The van der Waals surface area contributed by atoms with Crippen LogP contribution in [0.2, 0.25) is 0 Å². The highest BCUT2D eigenvalue weighted by Crippen LogP contribution is 2.34. The summed E-state index contributed by atoms with van der Waals surface area (Å²) in [5.41, 5.74) is 7.90. The summed E-state index contributed by atoms with van der Waals surface area (Å²) >= 11 is 0. The van der Waals surface area contributed by atoms with E-state index in [-0.39, 0.29) is 11.6 Å². The smallest absolute Gasteiger partial charge is 0.370 e. The molecule has 166 valence electrons. The maximum atomic E-state index is 12.8. The van der Waals surface area contributed by atoms with Gasteiger partial charge in [-0.1, -0.05) is 13.8 Å². The van der Waals surface area contributed by atoms with Crippen LogP contribution in [-0.4, -0.2) is 24.1 Å². The molecule has 31 heavy (non-hydrogen) atoms. The number of nitrogens with zero attached hydrogens (tertiary/aromatic N) is 1.